The Balaban J connectivity index is 1.58. The highest BCUT2D eigenvalue weighted by Crippen LogP contribution is 2.48. The molecule has 0 bridgehead atoms. The first kappa shape index (κ1) is 21.9. The molecule has 4 rings (SSSR count). The summed E-state index contributed by atoms with van der Waals surface area (Å²) in [5.74, 6) is 1.52. The minimum absolute atomic E-state index is 0.657. The van der Waals surface area contributed by atoms with Crippen LogP contribution in [0.25, 0.3) is 11.1 Å². The number of rotatable bonds is 7. The Hall–Kier alpha value is -3.32. The van der Waals surface area contributed by atoms with Crippen LogP contribution in [0.2, 0.25) is 0 Å². The first-order chi connectivity index (χ1) is 15.4. The summed E-state index contributed by atoms with van der Waals surface area (Å²) in [6.45, 7) is 17.0. The van der Waals surface area contributed by atoms with E-state index in [1.807, 2.05) is 12.5 Å². The lowest BCUT2D eigenvalue weighted by molar-refractivity contribution is 0.436. The Morgan fingerprint density at radius 3 is 2.44 bits per heavy atom. The van der Waals surface area contributed by atoms with Crippen LogP contribution in [0.5, 0.6) is 5.75 Å². The van der Waals surface area contributed by atoms with Crippen LogP contribution < -0.4 is 4.74 Å². The van der Waals surface area contributed by atoms with Crippen molar-refractivity contribution in [2.75, 3.05) is 0 Å². The van der Waals surface area contributed by atoms with Gasteiger partial charge in [-0.25, -0.2) is 0 Å². The highest BCUT2D eigenvalue weighted by atomic mass is 16.5. The molecule has 0 atom stereocenters. The number of hydrogen-bond acceptors (Lipinski definition) is 1. The normalized spacial score (nSPS) is 15.1. The lowest BCUT2D eigenvalue weighted by Gasteiger charge is -2.16. The summed E-state index contributed by atoms with van der Waals surface area (Å²) < 4.78 is 6.23. The van der Waals surface area contributed by atoms with E-state index in [0.717, 1.165) is 28.9 Å². The molecule has 0 heterocycles. The van der Waals surface area contributed by atoms with Crippen LogP contribution in [0.15, 0.2) is 96.3 Å². The fraction of sp³-hybridized carbons (Fsp3) is 0.161. The largest absolute Gasteiger partial charge is 0.457 e. The molecule has 1 heteroatoms. The highest BCUT2D eigenvalue weighted by molar-refractivity contribution is 6.07. The Kier molecular flexibility index (Phi) is 6.19. The summed E-state index contributed by atoms with van der Waals surface area (Å²) in [5.41, 5.74) is 11.9. The third kappa shape index (κ3) is 4.62. The van der Waals surface area contributed by atoms with Gasteiger partial charge in [0.1, 0.15) is 11.5 Å². The average Bonchev–Trinajstić information content (AvgIpc) is 3.59. The lowest BCUT2D eigenvalue weighted by atomic mass is 9.98. The van der Waals surface area contributed by atoms with E-state index >= 15 is 0 Å². The first-order valence-electron chi connectivity index (χ1n) is 11.1. The van der Waals surface area contributed by atoms with Gasteiger partial charge in [0.2, 0.25) is 0 Å². The fourth-order valence-corrected chi connectivity index (χ4v) is 3.89. The van der Waals surface area contributed by atoms with Crippen molar-refractivity contribution in [1.29, 1.82) is 0 Å². The van der Waals surface area contributed by atoms with Crippen molar-refractivity contribution in [3.05, 3.63) is 137 Å². The molecule has 0 N–H and O–H groups in total. The number of hydrogen-bond donors (Lipinski definition) is 0. The third-order valence-corrected chi connectivity index (χ3v) is 6.01. The maximum absolute atomic E-state index is 6.23. The second kappa shape index (κ2) is 9.04. The fourth-order valence-electron chi connectivity index (χ4n) is 3.89. The van der Waals surface area contributed by atoms with Gasteiger partial charge in [-0.1, -0.05) is 79.8 Å². The molecule has 32 heavy (non-hydrogen) atoms. The Morgan fingerprint density at radius 1 is 0.969 bits per heavy atom. The van der Waals surface area contributed by atoms with E-state index in [2.05, 4.69) is 102 Å². The quantitative estimate of drug-likeness (QED) is 0.413. The predicted octanol–water partition coefficient (Wildman–Crippen LogP) is 8.09. The van der Waals surface area contributed by atoms with Crippen LogP contribution in [-0.2, 0) is 6.42 Å². The van der Waals surface area contributed by atoms with Crippen LogP contribution in [0.1, 0.15) is 41.7 Å². The van der Waals surface area contributed by atoms with Crippen molar-refractivity contribution >= 4 is 11.1 Å². The van der Waals surface area contributed by atoms with Crippen LogP contribution in [0.3, 0.4) is 0 Å². The van der Waals surface area contributed by atoms with Crippen LogP contribution in [-0.4, -0.2) is 0 Å². The SMILES string of the molecule is C=C(Oc1cc(CC)c(C2=C(C(=C)c3ccc(C)cc3)[CH]2)cc1C)C1=CC=C(C)C=C[CH]1. The molecular weight excluding hydrogens is 388 g/mol. The van der Waals surface area contributed by atoms with Gasteiger partial charge in [-0.3, -0.25) is 0 Å². The molecule has 0 spiro atoms. The summed E-state index contributed by atoms with van der Waals surface area (Å²) in [5, 5.41) is 0. The maximum atomic E-state index is 6.23. The van der Waals surface area contributed by atoms with Gasteiger partial charge in [0.15, 0.2) is 0 Å². The molecular formula is C31H30O. The molecule has 160 valence electrons. The molecule has 0 amide bonds. The van der Waals surface area contributed by atoms with Crippen LogP contribution in [0.4, 0.5) is 0 Å². The minimum atomic E-state index is 0.657. The zero-order chi connectivity index (χ0) is 22.8. The van der Waals surface area contributed by atoms with Crippen molar-refractivity contribution in [3.8, 4) is 5.75 Å². The van der Waals surface area contributed by atoms with E-state index in [0.29, 0.717) is 5.76 Å². The maximum Gasteiger partial charge on any atom is 0.130 e. The molecule has 0 fully saturated rings. The molecule has 2 radical (unpaired) electrons. The number of benzene rings is 2. The van der Waals surface area contributed by atoms with Gasteiger partial charge in [-0.15, -0.1) is 0 Å². The highest BCUT2D eigenvalue weighted by Gasteiger charge is 2.28. The van der Waals surface area contributed by atoms with E-state index in [-0.39, 0.29) is 0 Å². The topological polar surface area (TPSA) is 9.23 Å². The van der Waals surface area contributed by atoms with Gasteiger partial charge < -0.3 is 4.74 Å². The Labute approximate surface area is 192 Å². The zero-order valence-electron chi connectivity index (χ0n) is 19.5. The molecule has 0 aromatic heterocycles. The van der Waals surface area contributed by atoms with Crippen molar-refractivity contribution in [2.45, 2.75) is 34.1 Å². The van der Waals surface area contributed by atoms with E-state index in [1.165, 1.54) is 39.0 Å². The van der Waals surface area contributed by atoms with Crippen molar-refractivity contribution in [2.24, 2.45) is 0 Å². The monoisotopic (exact) mass is 418 g/mol. The van der Waals surface area contributed by atoms with Crippen molar-refractivity contribution in [1.82, 2.24) is 0 Å². The van der Waals surface area contributed by atoms with Gasteiger partial charge >= 0.3 is 0 Å². The summed E-state index contributed by atoms with van der Waals surface area (Å²) >= 11 is 0. The van der Waals surface area contributed by atoms with Crippen LogP contribution >= 0.6 is 0 Å². The van der Waals surface area contributed by atoms with Crippen molar-refractivity contribution in [3.63, 3.8) is 0 Å². The first-order valence-corrected chi connectivity index (χ1v) is 11.1. The molecule has 0 saturated carbocycles. The van der Waals surface area contributed by atoms with Crippen LogP contribution in [0, 0.1) is 26.7 Å². The number of ether oxygens (including phenoxy) is 1. The standard InChI is InChI=1S/C31H30O/c1-7-25-18-31(32-24(6)27-10-8-9-20(2)13-16-27)22(4)17-29(25)30-19-28(30)23(5)26-14-11-21(3)12-15-26/h8-19H,5-7H2,1-4H3. The van der Waals surface area contributed by atoms with Crippen molar-refractivity contribution < 1.29 is 4.74 Å². The molecule has 0 aliphatic heterocycles. The summed E-state index contributed by atoms with van der Waals surface area (Å²) in [6.07, 6.45) is 13.4. The van der Waals surface area contributed by atoms with Gasteiger partial charge in [0.05, 0.1) is 0 Å². The molecule has 2 aromatic rings. The molecule has 2 aliphatic carbocycles. The van der Waals surface area contributed by atoms with Gasteiger partial charge in [0.25, 0.3) is 0 Å². The molecule has 2 aromatic carbocycles. The van der Waals surface area contributed by atoms with E-state index in [4.69, 9.17) is 4.74 Å². The smallest absolute Gasteiger partial charge is 0.130 e. The Bertz CT molecular complexity index is 1210. The second-order valence-corrected chi connectivity index (χ2v) is 8.53. The van der Waals surface area contributed by atoms with E-state index < -0.39 is 0 Å². The Morgan fingerprint density at radius 2 is 1.72 bits per heavy atom. The predicted molar refractivity (Wildman–Crippen MR) is 137 cm³/mol. The molecule has 2 aliphatic rings. The van der Waals surface area contributed by atoms with Gasteiger partial charge in [-0.05, 0) is 78.3 Å². The number of aryl methyl sites for hydroxylation is 3. The van der Waals surface area contributed by atoms with Gasteiger partial charge in [-0.2, -0.15) is 0 Å². The molecule has 0 saturated heterocycles. The minimum Gasteiger partial charge on any atom is -0.457 e. The molecule has 1 nitrogen and oxygen atoms in total. The van der Waals surface area contributed by atoms with E-state index in [1.54, 1.807) is 0 Å². The summed E-state index contributed by atoms with van der Waals surface area (Å²) in [4.78, 5) is 0. The average molecular weight is 419 g/mol. The molecule has 0 unspecified atom stereocenters. The summed E-state index contributed by atoms with van der Waals surface area (Å²) in [7, 11) is 0. The second-order valence-electron chi connectivity index (χ2n) is 8.53. The third-order valence-electron chi connectivity index (χ3n) is 6.01. The van der Waals surface area contributed by atoms with Gasteiger partial charge in [0, 0.05) is 18.4 Å². The van der Waals surface area contributed by atoms with E-state index in [9.17, 15) is 0 Å². The number of allylic oxidation sites excluding steroid dienone is 9. The zero-order valence-corrected chi connectivity index (χ0v) is 19.5. The lowest BCUT2D eigenvalue weighted by Crippen LogP contribution is -2.01. The summed E-state index contributed by atoms with van der Waals surface area (Å²) in [6, 6.07) is 13.0.